The summed E-state index contributed by atoms with van der Waals surface area (Å²) in [4.78, 5) is 88.5. The van der Waals surface area contributed by atoms with Crippen LogP contribution in [0.4, 0.5) is 40.3 Å². The van der Waals surface area contributed by atoms with Crippen LogP contribution in [0.15, 0.2) is 316 Å². The predicted molar refractivity (Wildman–Crippen MR) is 562 cm³/mol. The van der Waals surface area contributed by atoms with E-state index in [4.69, 9.17) is 19.9 Å². The summed E-state index contributed by atoms with van der Waals surface area (Å²) in [6.45, 7) is 5.83. The van der Waals surface area contributed by atoms with Gasteiger partial charge in [-0.2, -0.15) is 20.4 Å². The number of nitrogens with zero attached hydrogens (tertiary/aromatic N) is 13. The van der Waals surface area contributed by atoms with Crippen LogP contribution in [0.25, 0.3) is 223 Å². The lowest BCUT2D eigenvalue weighted by Crippen LogP contribution is -2.13. The lowest BCUT2D eigenvalue weighted by molar-refractivity contribution is -0.117. The van der Waals surface area contributed by atoms with E-state index in [0.717, 1.165) is 201 Å². The van der Waals surface area contributed by atoms with Gasteiger partial charge in [0.1, 0.15) is 46.0 Å². The molecule has 25 rings (SSSR count). The summed E-state index contributed by atoms with van der Waals surface area (Å²) in [6.07, 6.45) is 16.7. The van der Waals surface area contributed by atoms with E-state index in [1.807, 2.05) is 221 Å². The number of fused-ring (bicyclic) bond motifs is 8. The maximum Gasteiger partial charge on any atom is 0.227 e. The van der Waals surface area contributed by atoms with Gasteiger partial charge in [0.05, 0.1) is 114 Å². The molecule has 31 heteroatoms. The van der Waals surface area contributed by atoms with Crippen molar-refractivity contribution in [3.63, 3.8) is 0 Å². The van der Waals surface area contributed by atoms with E-state index in [1.54, 1.807) is 68.4 Å². The van der Waals surface area contributed by atoms with Gasteiger partial charge < -0.3 is 40.8 Å². The highest BCUT2D eigenvalue weighted by molar-refractivity contribution is 6.05. The number of halogens is 4. The minimum absolute atomic E-state index is 0.0333. The van der Waals surface area contributed by atoms with Crippen molar-refractivity contribution in [2.45, 2.75) is 46.5 Å². The molecule has 0 saturated heterocycles. The second-order valence-electron chi connectivity index (χ2n) is 36.0. The molecule has 24 aromatic rings. The van der Waals surface area contributed by atoms with Crippen molar-refractivity contribution in [3.05, 3.63) is 340 Å². The van der Waals surface area contributed by atoms with E-state index < -0.39 is 0 Å². The first-order valence-corrected chi connectivity index (χ1v) is 47.0. The maximum atomic E-state index is 13.9. The Labute approximate surface area is 824 Å². The third-order valence-electron chi connectivity index (χ3n) is 25.2. The molecule has 0 bridgehead atoms. The molecule has 12 aromatic carbocycles. The number of para-hydroxylation sites is 4. The van der Waals surface area contributed by atoms with Gasteiger partial charge in [0, 0.05) is 124 Å². The van der Waals surface area contributed by atoms with Gasteiger partial charge in [0.15, 0.2) is 23.3 Å². The fourth-order valence-electron chi connectivity index (χ4n) is 17.9. The number of anilines is 4. The number of pyridine rings is 4. The average molecular weight is 1920 g/mol. The third kappa shape index (κ3) is 19.2. The Morgan fingerprint density at radius 1 is 0.324 bits per heavy atom. The number of hydrogen-bond donors (Lipinski definition) is 11. The summed E-state index contributed by atoms with van der Waals surface area (Å²) in [5, 5.41) is 42.9. The molecule has 1 aliphatic rings. The number of carbonyl (C=O) groups excluding carboxylic acids is 3. The molecule has 710 valence electrons. The normalized spacial score (nSPS) is 11.9. The van der Waals surface area contributed by atoms with Crippen LogP contribution in [0.1, 0.15) is 46.5 Å². The Morgan fingerprint density at radius 3 is 0.917 bits per heavy atom. The van der Waals surface area contributed by atoms with Crippen molar-refractivity contribution in [1.29, 1.82) is 0 Å². The van der Waals surface area contributed by atoms with Crippen LogP contribution in [0.2, 0.25) is 0 Å². The summed E-state index contributed by atoms with van der Waals surface area (Å²) in [5.41, 5.74) is 29.7. The van der Waals surface area contributed by atoms with Gasteiger partial charge in [0.25, 0.3) is 0 Å². The Hall–Kier alpha value is -19.1. The quantitative estimate of drug-likeness (QED) is 0.0316. The van der Waals surface area contributed by atoms with Crippen LogP contribution < -0.4 is 20.9 Å². The molecule has 1 aliphatic carbocycles. The predicted octanol–water partition coefficient (Wildman–Crippen LogP) is 25.6. The summed E-state index contributed by atoms with van der Waals surface area (Å²) >= 11 is 0. The summed E-state index contributed by atoms with van der Waals surface area (Å²) in [6, 6.07) is 81.3. The smallest absolute Gasteiger partial charge is 0.227 e. The zero-order chi connectivity index (χ0) is 99.0. The number of carbonyl (C=O) groups is 3. The first-order valence-electron chi connectivity index (χ1n) is 47.0. The minimum Gasteiger partial charge on any atom is -0.376 e. The van der Waals surface area contributed by atoms with Crippen LogP contribution >= 0.6 is 0 Å². The standard InChI is InChI=1S/C30H25FN6O.C29H21FN6O.C28H21FN6O.C27H21FN6/c1-17(2)11-27(38)33-22-13-20(15-32-16-22)18-9-10-25-24(14-18)29(37-36-25)30-34-26-8-4-7-23(28(26)35-30)19-5-3-6-21(31)12-19;30-20-4-1-3-18(11-20)22-5-2-6-25-26(22)34-28(33-25)27-23-13-17(9-10-24(23)35-36-27)19-12-21(15-31-14-19)32-29(37)16-7-8-16;1-2-25(36)31-20-12-18(14-30-15-20)16-9-10-23-22(13-16)27(35-34-23)28-32-24-8-4-7-21(26(24)33-28)17-5-3-6-19(29)11-17;1-34(2)20-12-18(14-29-15-20)16-9-10-23-22(13-16)26(33-32-23)27-30-24-8-4-7-21(25(24)31-27)17-5-3-6-19(28)11-17/h3-10,12-17H,11H2,1-2H3,(H,33,38)(H,34,35)(H,36,37);1-6,9-16H,7-8H2,(H,32,37)(H,33,34)(H,35,36);3-15H,2H2,1H3,(H,31,36)(H,32,33)(H,34,35);3-15H,1-2H3,(H,30,31)(H,32,33). The van der Waals surface area contributed by atoms with E-state index in [9.17, 15) is 31.9 Å². The Morgan fingerprint density at radius 2 is 0.621 bits per heavy atom. The number of nitrogens with one attached hydrogen (secondary N) is 11. The number of benzene rings is 12. The minimum atomic E-state index is -0.293. The summed E-state index contributed by atoms with van der Waals surface area (Å²) in [7, 11) is 4.00. The molecule has 145 heavy (non-hydrogen) atoms. The topological polar surface area (TPSA) is 372 Å². The van der Waals surface area contributed by atoms with Gasteiger partial charge in [0.2, 0.25) is 17.7 Å². The number of aromatic nitrogens is 20. The molecule has 3 amide bonds. The molecular weight excluding hydrogens is 1830 g/mol. The van der Waals surface area contributed by atoms with Gasteiger partial charge in [-0.15, -0.1) is 0 Å². The summed E-state index contributed by atoms with van der Waals surface area (Å²) in [5.74, 6) is 1.69. The number of rotatable bonds is 20. The number of imidazole rings is 4. The van der Waals surface area contributed by atoms with Gasteiger partial charge in [-0.1, -0.05) is 142 Å². The molecule has 0 atom stereocenters. The van der Waals surface area contributed by atoms with Crippen molar-refractivity contribution in [3.8, 4) is 135 Å². The second-order valence-corrected chi connectivity index (χ2v) is 36.0. The van der Waals surface area contributed by atoms with Crippen LogP contribution in [0.3, 0.4) is 0 Å². The Balaban J connectivity index is 0.000000110. The molecule has 0 spiro atoms. The highest BCUT2D eigenvalue weighted by Gasteiger charge is 2.30. The van der Waals surface area contributed by atoms with Crippen molar-refractivity contribution >= 4 is 128 Å². The molecule has 0 unspecified atom stereocenters. The third-order valence-corrected chi connectivity index (χ3v) is 25.2. The summed E-state index contributed by atoms with van der Waals surface area (Å²) < 4.78 is 55.5. The lowest BCUT2D eigenvalue weighted by Gasteiger charge is -2.13. The van der Waals surface area contributed by atoms with Crippen LogP contribution in [0.5, 0.6) is 0 Å². The molecule has 1 saturated carbocycles. The molecule has 12 aromatic heterocycles. The van der Waals surface area contributed by atoms with Crippen LogP contribution in [-0.4, -0.2) is 132 Å². The SMILES string of the molecule is CC(C)CC(=O)Nc1cncc(-c2ccc3[nH]nc(-c4nc5c(-c6cccc(F)c6)cccc5[nH]4)c3c2)c1.CCC(=O)Nc1cncc(-c2ccc3[nH]nc(-c4nc5c(-c6cccc(F)c6)cccc5[nH]4)c3c2)c1.CN(C)c1cncc(-c2ccc3[nH]nc(-c4nc5c(-c6cccc(F)c6)cccc5[nH]4)c3c2)c1.O=C(Nc1cncc(-c2ccc3[nH]nc(-c4nc5c(-c6cccc(F)c6)cccc5[nH]4)c3c2)c1)C1CC1. The lowest BCUT2D eigenvalue weighted by atomic mass is 10.0. The highest BCUT2D eigenvalue weighted by Crippen LogP contribution is 2.42. The molecule has 0 radical (unpaired) electrons. The van der Waals surface area contributed by atoms with Crippen molar-refractivity contribution in [2.75, 3.05) is 34.9 Å². The van der Waals surface area contributed by atoms with Crippen molar-refractivity contribution < 1.29 is 31.9 Å². The Kier molecular flexibility index (Phi) is 24.5. The van der Waals surface area contributed by atoms with Crippen molar-refractivity contribution in [2.24, 2.45) is 11.8 Å². The van der Waals surface area contributed by atoms with Crippen molar-refractivity contribution in [1.82, 2.24) is 101 Å². The monoisotopic (exact) mass is 1920 g/mol. The molecule has 27 nitrogen and oxygen atoms in total. The average Bonchev–Trinajstić information content (AvgIpc) is 1.63. The van der Waals surface area contributed by atoms with Gasteiger partial charge >= 0.3 is 0 Å². The fourth-order valence-corrected chi connectivity index (χ4v) is 17.9. The van der Waals surface area contributed by atoms with E-state index in [1.165, 1.54) is 48.5 Å². The van der Waals surface area contributed by atoms with Gasteiger partial charge in [-0.3, -0.25) is 54.7 Å². The number of aromatic amines is 8. The molecule has 11 N–H and O–H groups in total. The number of H-pyrrole nitrogens is 8. The van der Waals surface area contributed by atoms with E-state index in [2.05, 4.69) is 115 Å². The fraction of sp³-hybridized carbons (Fsp3) is 0.0965. The van der Waals surface area contributed by atoms with Crippen LogP contribution in [-0.2, 0) is 14.4 Å². The maximum absolute atomic E-state index is 13.9. The first-order chi connectivity index (χ1) is 70.7. The Bertz CT molecular complexity index is 9110. The van der Waals surface area contributed by atoms with Gasteiger partial charge in [-0.25, -0.2) is 37.5 Å². The molecule has 12 heterocycles. The first kappa shape index (κ1) is 91.0. The second kappa shape index (κ2) is 39.0. The number of hydrogen-bond acceptors (Lipinski definition) is 16. The molecule has 1 fully saturated rings. The zero-order valence-corrected chi connectivity index (χ0v) is 78.6. The number of amides is 3. The van der Waals surface area contributed by atoms with Gasteiger partial charge in [-0.05, 0) is 209 Å². The van der Waals surface area contributed by atoms with Crippen LogP contribution in [0, 0.1) is 35.1 Å². The largest absolute Gasteiger partial charge is 0.376 e. The van der Waals surface area contributed by atoms with E-state index in [-0.39, 0.29) is 52.8 Å². The molecular formula is C114H88F4N24O3. The highest BCUT2D eigenvalue weighted by atomic mass is 19.1. The van der Waals surface area contributed by atoms with E-state index >= 15 is 0 Å². The van der Waals surface area contributed by atoms with E-state index in [0.29, 0.717) is 70.3 Å². The zero-order valence-electron chi connectivity index (χ0n) is 78.6. The molecule has 0 aliphatic heterocycles.